The summed E-state index contributed by atoms with van der Waals surface area (Å²) in [4.78, 5) is 24.8. The number of aromatic nitrogens is 2. The highest BCUT2D eigenvalue weighted by atomic mass is 32.2. The second kappa shape index (κ2) is 8.37. The summed E-state index contributed by atoms with van der Waals surface area (Å²) < 4.78 is 28.0. The molecule has 1 saturated heterocycles. The minimum atomic E-state index is -3.85. The van der Waals surface area contributed by atoms with Gasteiger partial charge in [0, 0.05) is 18.3 Å². The van der Waals surface area contributed by atoms with Gasteiger partial charge in [-0.2, -0.15) is 9.40 Å². The molecule has 0 spiro atoms. The molecular weight excluding hydrogens is 436 g/mol. The number of hydrogen-bond acceptors (Lipinski definition) is 6. The second-order valence-electron chi connectivity index (χ2n) is 7.45. The van der Waals surface area contributed by atoms with E-state index in [0.717, 1.165) is 28.2 Å². The predicted molar refractivity (Wildman–Crippen MR) is 120 cm³/mol. The van der Waals surface area contributed by atoms with Crippen molar-refractivity contribution in [2.45, 2.75) is 36.9 Å². The Hall–Kier alpha value is -2.82. The van der Waals surface area contributed by atoms with E-state index < -0.39 is 16.1 Å². The molecule has 0 unspecified atom stereocenters. The van der Waals surface area contributed by atoms with Gasteiger partial charge < -0.3 is 5.32 Å². The van der Waals surface area contributed by atoms with Gasteiger partial charge in [0.2, 0.25) is 5.91 Å². The molecule has 1 aliphatic heterocycles. The first-order valence-corrected chi connectivity index (χ1v) is 12.1. The molecule has 1 amide bonds. The summed E-state index contributed by atoms with van der Waals surface area (Å²) in [5.74, 6) is -0.322. The molecule has 1 fully saturated rings. The molecule has 1 aliphatic rings. The van der Waals surface area contributed by atoms with Crippen LogP contribution in [0, 0.1) is 13.8 Å². The largest absolute Gasteiger partial charge is 0.324 e. The van der Waals surface area contributed by atoms with Crippen molar-refractivity contribution in [3.05, 3.63) is 63.9 Å². The van der Waals surface area contributed by atoms with Crippen LogP contribution in [-0.4, -0.2) is 41.4 Å². The number of amides is 1. The summed E-state index contributed by atoms with van der Waals surface area (Å²) in [5, 5.41) is 9.22. The normalized spacial score (nSPS) is 17.0. The van der Waals surface area contributed by atoms with E-state index in [2.05, 4.69) is 15.5 Å². The summed E-state index contributed by atoms with van der Waals surface area (Å²) in [7, 11) is -3.85. The van der Waals surface area contributed by atoms with Crippen molar-refractivity contribution in [3.8, 4) is 10.6 Å². The maximum Gasteiger partial charge on any atom is 0.264 e. The molecule has 4 rings (SSSR count). The number of sulfonamides is 1. The first kappa shape index (κ1) is 21.4. The number of thiophene rings is 1. The van der Waals surface area contributed by atoms with E-state index in [9.17, 15) is 18.0 Å². The van der Waals surface area contributed by atoms with Gasteiger partial charge in [-0.1, -0.05) is 18.2 Å². The fraction of sp³-hybridized carbons (Fsp3) is 0.286. The fourth-order valence-electron chi connectivity index (χ4n) is 3.70. The Kier molecular flexibility index (Phi) is 5.78. The van der Waals surface area contributed by atoms with E-state index in [-0.39, 0.29) is 22.2 Å². The number of hydrogen-bond donors (Lipinski definition) is 2. The van der Waals surface area contributed by atoms with Gasteiger partial charge in [-0.15, -0.1) is 11.3 Å². The SMILES string of the molecule is Cc1cccc(C)c1NC(=O)[C@H]1CCCN1S(=O)(=O)c1ccc(-c2ccc(=O)[nH]n2)s1. The summed E-state index contributed by atoms with van der Waals surface area (Å²) in [6.07, 6.45) is 1.08. The zero-order valence-corrected chi connectivity index (χ0v) is 18.7. The molecule has 8 nitrogen and oxygen atoms in total. The van der Waals surface area contributed by atoms with Crippen molar-refractivity contribution < 1.29 is 13.2 Å². The van der Waals surface area contributed by atoms with Gasteiger partial charge in [-0.05, 0) is 56.0 Å². The third-order valence-corrected chi connectivity index (χ3v) is 8.79. The number of para-hydroxylation sites is 1. The average molecular weight is 459 g/mol. The van der Waals surface area contributed by atoms with Crippen LogP contribution in [0.3, 0.4) is 0 Å². The van der Waals surface area contributed by atoms with Gasteiger partial charge in [0.05, 0.1) is 4.88 Å². The van der Waals surface area contributed by atoms with E-state index in [4.69, 9.17) is 0 Å². The van der Waals surface area contributed by atoms with E-state index in [1.807, 2.05) is 32.0 Å². The molecule has 1 atom stereocenters. The number of anilines is 1. The fourth-order valence-corrected chi connectivity index (χ4v) is 6.76. The van der Waals surface area contributed by atoms with Crippen LogP contribution in [0.5, 0.6) is 0 Å². The number of aromatic amines is 1. The molecule has 31 heavy (non-hydrogen) atoms. The Morgan fingerprint density at radius 1 is 1.16 bits per heavy atom. The van der Waals surface area contributed by atoms with Crippen molar-refractivity contribution in [2.24, 2.45) is 0 Å². The molecule has 0 saturated carbocycles. The van der Waals surface area contributed by atoms with Crippen LogP contribution < -0.4 is 10.9 Å². The zero-order chi connectivity index (χ0) is 22.2. The zero-order valence-electron chi connectivity index (χ0n) is 17.1. The van der Waals surface area contributed by atoms with Crippen LogP contribution in [0.15, 0.2) is 51.5 Å². The minimum Gasteiger partial charge on any atom is -0.324 e. The Bertz CT molecular complexity index is 1260. The van der Waals surface area contributed by atoms with Gasteiger partial charge in [-0.25, -0.2) is 13.5 Å². The lowest BCUT2D eigenvalue weighted by Crippen LogP contribution is -2.43. The monoisotopic (exact) mass is 458 g/mol. The number of aryl methyl sites for hydroxylation is 2. The summed E-state index contributed by atoms with van der Waals surface area (Å²) >= 11 is 1.06. The van der Waals surface area contributed by atoms with Crippen LogP contribution in [0.1, 0.15) is 24.0 Å². The van der Waals surface area contributed by atoms with Crippen molar-refractivity contribution in [3.63, 3.8) is 0 Å². The molecular formula is C21H22N4O4S2. The van der Waals surface area contributed by atoms with Crippen molar-refractivity contribution in [2.75, 3.05) is 11.9 Å². The Balaban J connectivity index is 1.58. The second-order valence-corrected chi connectivity index (χ2v) is 10.7. The molecule has 1 aromatic carbocycles. The van der Waals surface area contributed by atoms with Gasteiger partial charge >= 0.3 is 0 Å². The summed E-state index contributed by atoms with van der Waals surface area (Å²) in [6.45, 7) is 4.10. The van der Waals surface area contributed by atoms with Crippen LogP contribution >= 0.6 is 11.3 Å². The number of nitrogens with one attached hydrogen (secondary N) is 2. The lowest BCUT2D eigenvalue weighted by molar-refractivity contribution is -0.119. The van der Waals surface area contributed by atoms with Gasteiger partial charge in [0.25, 0.3) is 15.6 Å². The molecule has 162 valence electrons. The molecule has 3 heterocycles. The highest BCUT2D eigenvalue weighted by Gasteiger charge is 2.40. The number of carbonyl (C=O) groups excluding carboxylic acids is 1. The molecule has 3 aromatic rings. The predicted octanol–water partition coefficient (Wildman–Crippen LogP) is 2.91. The number of nitrogens with zero attached hydrogens (tertiary/aromatic N) is 2. The lowest BCUT2D eigenvalue weighted by atomic mass is 10.1. The maximum absolute atomic E-state index is 13.3. The molecule has 0 radical (unpaired) electrons. The molecule has 2 aromatic heterocycles. The summed E-state index contributed by atoms with van der Waals surface area (Å²) in [6, 6.07) is 11.0. The van der Waals surface area contributed by atoms with E-state index >= 15 is 0 Å². The third kappa shape index (κ3) is 4.18. The smallest absolute Gasteiger partial charge is 0.264 e. The highest BCUT2D eigenvalue weighted by Crippen LogP contribution is 2.34. The molecule has 10 heteroatoms. The molecule has 2 N–H and O–H groups in total. The average Bonchev–Trinajstić information content (AvgIpc) is 3.42. The first-order valence-electron chi connectivity index (χ1n) is 9.82. The van der Waals surface area contributed by atoms with Gasteiger partial charge in [0.1, 0.15) is 15.9 Å². The van der Waals surface area contributed by atoms with E-state index in [0.29, 0.717) is 23.4 Å². The van der Waals surface area contributed by atoms with Crippen LogP contribution in [0.4, 0.5) is 5.69 Å². The number of benzene rings is 1. The Labute approximate surface area is 184 Å². The Morgan fingerprint density at radius 3 is 2.58 bits per heavy atom. The van der Waals surface area contributed by atoms with Crippen molar-refractivity contribution in [1.29, 1.82) is 0 Å². The van der Waals surface area contributed by atoms with Crippen LogP contribution in [-0.2, 0) is 14.8 Å². The van der Waals surface area contributed by atoms with Gasteiger partial charge in [0.15, 0.2) is 0 Å². The standard InChI is InChI=1S/C21H22N4O4S2/c1-13-5-3-6-14(2)20(13)22-21(27)16-7-4-12-25(16)31(28,29)19-11-9-17(30-19)15-8-10-18(26)24-23-15/h3,5-6,8-11,16H,4,7,12H2,1-2H3,(H,22,27)(H,24,26)/t16-/m1/s1. The lowest BCUT2D eigenvalue weighted by Gasteiger charge is -2.23. The Morgan fingerprint density at radius 2 is 1.90 bits per heavy atom. The summed E-state index contributed by atoms with van der Waals surface area (Å²) in [5.41, 5.74) is 2.73. The topological polar surface area (TPSA) is 112 Å². The third-order valence-electron chi connectivity index (χ3n) is 5.31. The van der Waals surface area contributed by atoms with Crippen LogP contribution in [0.25, 0.3) is 10.6 Å². The highest BCUT2D eigenvalue weighted by molar-refractivity contribution is 7.91. The van der Waals surface area contributed by atoms with Crippen molar-refractivity contribution >= 4 is 33.0 Å². The maximum atomic E-state index is 13.3. The van der Waals surface area contributed by atoms with E-state index in [1.54, 1.807) is 6.07 Å². The minimum absolute atomic E-state index is 0.141. The molecule has 0 bridgehead atoms. The number of H-pyrrole nitrogens is 1. The van der Waals surface area contributed by atoms with E-state index in [1.165, 1.54) is 22.5 Å². The molecule has 0 aliphatic carbocycles. The first-order chi connectivity index (χ1) is 14.8. The van der Waals surface area contributed by atoms with Crippen LogP contribution in [0.2, 0.25) is 0 Å². The number of rotatable bonds is 5. The van der Waals surface area contributed by atoms with Crippen molar-refractivity contribution in [1.82, 2.24) is 14.5 Å². The number of carbonyl (C=O) groups is 1. The quantitative estimate of drug-likeness (QED) is 0.611. The van der Waals surface area contributed by atoms with Gasteiger partial charge in [-0.3, -0.25) is 9.59 Å².